The lowest BCUT2D eigenvalue weighted by molar-refractivity contribution is -0.159. The summed E-state index contributed by atoms with van der Waals surface area (Å²) in [4.78, 5) is 51.8. The van der Waals surface area contributed by atoms with Gasteiger partial charge >= 0.3 is 5.97 Å². The number of primary amides is 1. The van der Waals surface area contributed by atoms with E-state index in [0.29, 0.717) is 30.6 Å². The second kappa shape index (κ2) is 9.85. The quantitative estimate of drug-likeness (QED) is 0.357. The Labute approximate surface area is 217 Å². The first-order valence-electron chi connectivity index (χ1n) is 13.3. The fourth-order valence-corrected chi connectivity index (χ4v) is 8.05. The number of aliphatic carboxylic acids is 1. The van der Waals surface area contributed by atoms with Crippen molar-refractivity contribution in [2.24, 2.45) is 39.5 Å². The van der Waals surface area contributed by atoms with Gasteiger partial charge < -0.3 is 26.1 Å². The van der Waals surface area contributed by atoms with Crippen LogP contribution >= 0.6 is 0 Å². The predicted octanol–water partition coefficient (Wildman–Crippen LogP) is 2.09. The first kappa shape index (κ1) is 27.3. The number of ketones is 1. The van der Waals surface area contributed by atoms with Gasteiger partial charge in [0.25, 0.3) is 5.91 Å². The molecule has 0 aromatic carbocycles. The van der Waals surface area contributed by atoms with Gasteiger partial charge in [-0.2, -0.15) is 0 Å². The Bertz CT molecular complexity index is 1050. The van der Waals surface area contributed by atoms with E-state index < -0.39 is 42.5 Å². The number of carboxylic acids is 1. The third kappa shape index (κ3) is 4.69. The smallest absolute Gasteiger partial charge is 0.326 e. The first-order valence-corrected chi connectivity index (χ1v) is 13.3. The van der Waals surface area contributed by atoms with Gasteiger partial charge in [0, 0.05) is 5.41 Å². The number of nitrogens with one attached hydrogen (secondary N) is 1. The summed E-state index contributed by atoms with van der Waals surface area (Å²) in [6, 6.07) is -1.40. The Balaban J connectivity index is 1.40. The SMILES string of the molecule is CC(=O)[C@@]1(O)CC[C@H]2[C@@H]3CCC4=C/C(=N/OCC(=O)NC(CC(N)=O)C(=O)O)CC[C@]4(C)[C@H]3CC[C@@]21C. The molecule has 0 radical (unpaired) electrons. The summed E-state index contributed by atoms with van der Waals surface area (Å²) in [5.74, 6) is -1.65. The third-order valence-electron chi connectivity index (χ3n) is 10.1. The van der Waals surface area contributed by atoms with E-state index in [4.69, 9.17) is 15.7 Å². The van der Waals surface area contributed by atoms with E-state index in [1.54, 1.807) is 0 Å². The number of nitrogens with two attached hydrogens (primary N) is 1. The minimum atomic E-state index is -1.40. The van der Waals surface area contributed by atoms with Crippen LogP contribution in [-0.2, 0) is 24.0 Å². The molecule has 0 saturated heterocycles. The molecule has 3 saturated carbocycles. The first-order chi connectivity index (χ1) is 17.3. The van der Waals surface area contributed by atoms with Crippen LogP contribution in [0.2, 0.25) is 0 Å². The topological polar surface area (TPSA) is 168 Å². The van der Waals surface area contributed by atoms with Crippen LogP contribution < -0.4 is 11.1 Å². The maximum absolute atomic E-state index is 12.4. The highest BCUT2D eigenvalue weighted by Gasteiger charge is 2.65. The molecule has 0 aromatic heterocycles. The van der Waals surface area contributed by atoms with Gasteiger partial charge in [0.15, 0.2) is 12.4 Å². The summed E-state index contributed by atoms with van der Waals surface area (Å²) >= 11 is 0. The van der Waals surface area contributed by atoms with Gasteiger partial charge in [0.05, 0.1) is 12.1 Å². The van der Waals surface area contributed by atoms with Crippen LogP contribution in [0.1, 0.15) is 78.6 Å². The molecule has 0 aliphatic heterocycles. The van der Waals surface area contributed by atoms with Crippen molar-refractivity contribution in [1.29, 1.82) is 0 Å². The minimum Gasteiger partial charge on any atom is -0.480 e. The highest BCUT2D eigenvalue weighted by atomic mass is 16.6. The Morgan fingerprint density at radius 1 is 1.14 bits per heavy atom. The molecule has 204 valence electrons. The van der Waals surface area contributed by atoms with Crippen LogP contribution in [0.4, 0.5) is 0 Å². The van der Waals surface area contributed by atoms with Crippen molar-refractivity contribution >= 4 is 29.3 Å². The van der Waals surface area contributed by atoms with Gasteiger partial charge in [-0.25, -0.2) is 4.79 Å². The summed E-state index contributed by atoms with van der Waals surface area (Å²) in [7, 11) is 0. The van der Waals surface area contributed by atoms with Crippen molar-refractivity contribution in [3.05, 3.63) is 11.6 Å². The molecule has 0 heterocycles. The monoisotopic (exact) mass is 517 g/mol. The number of nitrogens with zero attached hydrogens (tertiary/aromatic N) is 1. The Morgan fingerprint density at radius 2 is 1.84 bits per heavy atom. The molecule has 0 spiro atoms. The fourth-order valence-electron chi connectivity index (χ4n) is 8.05. The van der Waals surface area contributed by atoms with Gasteiger partial charge in [-0.05, 0) is 87.5 Å². The highest BCUT2D eigenvalue weighted by Crippen LogP contribution is 2.67. The lowest BCUT2D eigenvalue weighted by Crippen LogP contribution is -2.57. The normalized spacial score (nSPS) is 38.4. The van der Waals surface area contributed by atoms with E-state index in [-0.39, 0.29) is 16.6 Å². The average Bonchev–Trinajstić information content (AvgIpc) is 3.10. The van der Waals surface area contributed by atoms with Gasteiger partial charge in [0.1, 0.15) is 11.6 Å². The van der Waals surface area contributed by atoms with Gasteiger partial charge in [-0.3, -0.25) is 14.4 Å². The largest absolute Gasteiger partial charge is 0.480 e. The van der Waals surface area contributed by atoms with Crippen LogP contribution in [0.3, 0.4) is 0 Å². The number of aliphatic hydroxyl groups is 1. The number of fused-ring (bicyclic) bond motifs is 5. The molecular weight excluding hydrogens is 478 g/mol. The van der Waals surface area contributed by atoms with Crippen LogP contribution in [0, 0.1) is 28.6 Å². The van der Waals surface area contributed by atoms with E-state index in [1.807, 2.05) is 0 Å². The molecule has 5 N–H and O–H groups in total. The summed E-state index contributed by atoms with van der Waals surface area (Å²) in [5, 5.41) is 26.8. The lowest BCUT2D eigenvalue weighted by Gasteiger charge is -2.59. The van der Waals surface area contributed by atoms with Crippen LogP contribution in [0.25, 0.3) is 0 Å². The molecule has 10 nitrogen and oxygen atoms in total. The molecule has 37 heavy (non-hydrogen) atoms. The number of carbonyl (C=O) groups excluding carboxylic acids is 3. The second-order valence-electron chi connectivity index (χ2n) is 11.9. The van der Waals surface area contributed by atoms with Crippen molar-refractivity contribution in [2.45, 2.75) is 90.2 Å². The maximum atomic E-state index is 12.4. The average molecular weight is 518 g/mol. The second-order valence-corrected chi connectivity index (χ2v) is 11.9. The highest BCUT2D eigenvalue weighted by molar-refractivity contribution is 5.96. The van der Waals surface area contributed by atoms with Crippen molar-refractivity contribution in [1.82, 2.24) is 5.32 Å². The van der Waals surface area contributed by atoms with Crippen molar-refractivity contribution in [2.75, 3.05) is 6.61 Å². The lowest BCUT2D eigenvalue weighted by atomic mass is 9.46. The number of hydrogen-bond donors (Lipinski definition) is 4. The Kier molecular flexibility index (Phi) is 7.27. The van der Waals surface area contributed by atoms with Crippen LogP contribution in [0.15, 0.2) is 16.8 Å². The molecule has 0 bridgehead atoms. The van der Waals surface area contributed by atoms with Crippen LogP contribution in [-0.4, -0.2) is 57.7 Å². The van der Waals surface area contributed by atoms with Gasteiger partial charge in [0.2, 0.25) is 5.91 Å². The van der Waals surface area contributed by atoms with E-state index in [1.165, 1.54) is 12.5 Å². The molecule has 10 heteroatoms. The predicted molar refractivity (Wildman–Crippen MR) is 134 cm³/mol. The summed E-state index contributed by atoms with van der Waals surface area (Å²) in [5.41, 5.74) is 5.58. The summed E-state index contributed by atoms with van der Waals surface area (Å²) in [6.07, 6.45) is 8.43. The summed E-state index contributed by atoms with van der Waals surface area (Å²) < 4.78 is 0. The van der Waals surface area contributed by atoms with E-state index in [0.717, 1.165) is 44.2 Å². The van der Waals surface area contributed by atoms with Crippen molar-refractivity contribution in [3.63, 3.8) is 0 Å². The number of allylic oxidation sites excluding steroid dienone is 2. The Hall–Kier alpha value is -2.75. The van der Waals surface area contributed by atoms with Crippen molar-refractivity contribution in [3.8, 4) is 0 Å². The fraction of sp³-hybridized carbons (Fsp3) is 0.741. The zero-order valence-electron chi connectivity index (χ0n) is 21.9. The number of hydrogen-bond acceptors (Lipinski definition) is 7. The summed E-state index contributed by atoms with van der Waals surface area (Å²) in [6.45, 7) is 5.53. The molecule has 4 aliphatic rings. The molecule has 2 amide bonds. The number of amides is 2. The number of oxime groups is 1. The zero-order valence-corrected chi connectivity index (χ0v) is 21.9. The van der Waals surface area contributed by atoms with Crippen molar-refractivity contribution < 1.29 is 34.2 Å². The molecule has 0 aromatic rings. The third-order valence-corrected chi connectivity index (χ3v) is 10.1. The van der Waals surface area contributed by atoms with E-state index in [9.17, 15) is 24.3 Å². The van der Waals surface area contributed by atoms with Gasteiger partial charge in [-0.1, -0.05) is 24.6 Å². The molecule has 7 atom stereocenters. The molecule has 3 fully saturated rings. The minimum absolute atomic E-state index is 0.0288. The van der Waals surface area contributed by atoms with Crippen LogP contribution in [0.5, 0.6) is 0 Å². The molecule has 1 unspecified atom stereocenters. The Morgan fingerprint density at radius 3 is 2.49 bits per heavy atom. The number of Topliss-reactive ketones (excluding diaryl/α,β-unsaturated/α-hetero) is 1. The van der Waals surface area contributed by atoms with Gasteiger partial charge in [-0.15, -0.1) is 0 Å². The molecular formula is C27H39N3O7. The number of carboxylic acid groups (broad SMARTS) is 1. The maximum Gasteiger partial charge on any atom is 0.326 e. The van der Waals surface area contributed by atoms with E-state index >= 15 is 0 Å². The molecule has 4 rings (SSSR count). The number of rotatable bonds is 8. The number of carbonyl (C=O) groups is 4. The van der Waals surface area contributed by atoms with E-state index in [2.05, 4.69) is 30.4 Å². The molecule has 4 aliphatic carbocycles. The zero-order chi connectivity index (χ0) is 27.2. The standard InChI is InChI=1S/C27H39N3O7/c1-15(31)27(36)11-8-20-18-5-4-16-12-17(6-9-25(16,2)19(18)7-10-26(20,27)3)30-37-14-23(33)29-21(24(34)35)13-22(28)32/h12,18-21,36H,4-11,13-14H2,1-3H3,(H2,28,32)(H,29,33)(H,34,35)/b30-17+/t18-,19+,20+,21?,25+,26+,27+/m1/s1.